The number of aliphatic carboxylic acids is 1. The molecule has 25 atom stereocenters. The molecule has 0 aromatic heterocycles. The van der Waals surface area contributed by atoms with Crippen LogP contribution in [0, 0.1) is 0 Å². The van der Waals surface area contributed by atoms with Crippen LogP contribution in [0.2, 0.25) is 0 Å². The smallest absolute Gasteiger partial charge is 0.303 e. The fraction of sp³-hybridized carbons (Fsp3) is 0.956. The summed E-state index contributed by atoms with van der Waals surface area (Å²) in [7, 11) is 4.75. The van der Waals surface area contributed by atoms with Crippen LogP contribution in [-0.2, 0) is 142 Å². The van der Waals surface area contributed by atoms with Gasteiger partial charge in [-0.2, -0.15) is 0 Å². The summed E-state index contributed by atoms with van der Waals surface area (Å²) in [4.78, 5) is 43.3. The summed E-state index contributed by atoms with van der Waals surface area (Å²) in [5.74, 6) is -5.62. The van der Waals surface area contributed by atoms with Gasteiger partial charge in [0.2, 0.25) is 11.8 Å². The molecule has 39 nitrogen and oxygen atoms in total. The lowest BCUT2D eigenvalue weighted by Crippen LogP contribution is -2.59. The summed E-state index contributed by atoms with van der Waals surface area (Å²) in [6, 6.07) is 0. The SMILES string of the molecule is CC1(C)OCC(CC2OC3OC(C)(C)OC3C2OCCCCCC(=O)O)O1.CC1(C)OCC(CC2OC3OC(C)(C)OC3C2OCCCCCC=O)O1.CC1(C)OCC(CC2OC3OC(C)(C)OC3C2OCCCCCCO)O1.CN.CNC(=O)CCCCCOC1C(CC2COC(C)(C)O2)OC2OC(C)(C)OC21.CNC(=O)CCCCCOC1C(O)C(O)OC(CO)C1O. The van der Waals surface area contributed by atoms with Crippen LogP contribution in [0.5, 0.6) is 0 Å². The number of ether oxygens (including phenoxy) is 26. The van der Waals surface area contributed by atoms with E-state index in [1.54, 1.807) is 14.1 Å². The number of carboxylic acid groups (broad SMARTS) is 1. The third-order valence-corrected chi connectivity index (χ3v) is 23.7. The first-order valence-corrected chi connectivity index (χ1v) is 47.4. The van der Waals surface area contributed by atoms with Crippen LogP contribution < -0.4 is 16.4 Å². The van der Waals surface area contributed by atoms with Crippen molar-refractivity contribution in [1.29, 1.82) is 0 Å². The molecule has 39 heteroatoms. The molecule has 13 heterocycles. The minimum atomic E-state index is -1.50. The van der Waals surface area contributed by atoms with Gasteiger partial charge in [-0.15, -0.1) is 0 Å². The van der Waals surface area contributed by atoms with Gasteiger partial charge in [-0.1, -0.05) is 38.5 Å². The Morgan fingerprint density at radius 1 is 0.346 bits per heavy atom. The quantitative estimate of drug-likeness (QED) is 0.0217. The minimum absolute atomic E-state index is 0.0138. The van der Waals surface area contributed by atoms with Crippen LogP contribution in [0.1, 0.15) is 265 Å². The molecule has 0 aromatic carbocycles. The number of amides is 2. The zero-order valence-electron chi connectivity index (χ0n) is 80.8. The van der Waals surface area contributed by atoms with Gasteiger partial charge >= 0.3 is 5.97 Å². The predicted octanol–water partition coefficient (Wildman–Crippen LogP) is 7.11. The third kappa shape index (κ3) is 36.2. The van der Waals surface area contributed by atoms with Crippen molar-refractivity contribution in [1.82, 2.24) is 10.6 Å². The Morgan fingerprint density at radius 2 is 0.623 bits per heavy atom. The standard InChI is InChI=1S/C20H35NO7.C19H32O8.C19H34O7.C19H32O7.C13H25NO7.CH5N/c1-19(2)24-12-13(26-19)11-14-16(17-18(25-14)28-20(3,4)27-17)23-10-8-6-7-9-15(22)21-5;1-18(2)23-11-12(25-18)10-13-15(22-9-7-5-6-8-14(20)21)16-17(24-13)27-19(3,4)26-16;2*1-18(2)22-12-13(24-18)11-14-15(21-10-8-6-5-7-9-20)16-17(23-14)26-19(3,4)25-16;1-14-9(16)5-3-2-4-6-20-12-10(17)8(7-15)21-13(19)11(12)18;1-2/h13-14,16-18H,6-12H2,1-5H3,(H,21,22);12-13,15-17H,5-11H2,1-4H3,(H,20,21);13-17,20H,5-12H2,1-4H3;9,13-17H,5-8,10-12H2,1-4H3;8,10-13,15,17-19H,2-7H2,1H3,(H,14,16);2H2,1H3. The number of fused-ring (bicyclic) bond motifs is 4. The molecule has 0 saturated carbocycles. The van der Waals surface area contributed by atoms with Gasteiger partial charge in [0.25, 0.3) is 0 Å². The van der Waals surface area contributed by atoms with Crippen molar-refractivity contribution in [3.05, 3.63) is 0 Å². The predicted molar refractivity (Wildman–Crippen MR) is 463 cm³/mol. The Balaban J connectivity index is 0.000000200. The molecule has 13 aliphatic rings. The summed E-state index contributed by atoms with van der Waals surface area (Å²) >= 11 is 0. The maximum absolute atomic E-state index is 11.3. The number of nitrogens with one attached hydrogen (secondary N) is 2. The van der Waals surface area contributed by atoms with E-state index in [4.69, 9.17) is 138 Å². The average Bonchev–Trinajstić information content (AvgIpc) is 1.62. The molecule has 0 aromatic rings. The van der Waals surface area contributed by atoms with Crippen molar-refractivity contribution < 1.29 is 173 Å². The molecular formula is C91H163N3O36. The molecular weight excluding hydrogens is 1710 g/mol. The summed E-state index contributed by atoms with van der Waals surface area (Å²) < 4.78 is 153. The number of nitrogens with two attached hydrogens (primary N) is 1. The number of carbonyl (C=O) groups is 4. The highest BCUT2D eigenvalue weighted by molar-refractivity contribution is 5.75. The number of unbranched alkanes of at least 4 members (excludes halogenated alkanes) is 12. The van der Waals surface area contributed by atoms with Crippen LogP contribution >= 0.6 is 0 Å². The molecule has 0 aliphatic carbocycles. The maximum Gasteiger partial charge on any atom is 0.303 e. The molecule has 0 spiro atoms. The van der Waals surface area contributed by atoms with E-state index in [-0.39, 0.29) is 129 Å². The topological polar surface area (TPSA) is 480 Å². The summed E-state index contributed by atoms with van der Waals surface area (Å²) in [5, 5.41) is 60.9. The van der Waals surface area contributed by atoms with Crippen molar-refractivity contribution in [3.8, 4) is 0 Å². The van der Waals surface area contributed by atoms with Crippen LogP contribution in [0.15, 0.2) is 0 Å². The first kappa shape index (κ1) is 112. The number of rotatable bonds is 44. The highest BCUT2D eigenvalue weighted by Gasteiger charge is 2.61. The molecule has 0 radical (unpaired) electrons. The Kier molecular flexibility index (Phi) is 45.4. The minimum Gasteiger partial charge on any atom is -0.481 e. The van der Waals surface area contributed by atoms with Gasteiger partial charge in [0, 0.05) is 105 Å². The largest absolute Gasteiger partial charge is 0.481 e. The van der Waals surface area contributed by atoms with Gasteiger partial charge in [-0.25, -0.2) is 0 Å². The van der Waals surface area contributed by atoms with Crippen molar-refractivity contribution in [2.45, 2.75) is 465 Å². The molecule has 13 rings (SSSR count). The monoisotopic (exact) mass is 1870 g/mol. The van der Waals surface area contributed by atoms with E-state index in [1.165, 1.54) is 7.05 Å². The first-order chi connectivity index (χ1) is 61.4. The van der Waals surface area contributed by atoms with Gasteiger partial charge in [-0.05, 0) is 182 Å². The summed E-state index contributed by atoms with van der Waals surface area (Å²) in [6.07, 6.45) is 8.88. The fourth-order valence-electron chi connectivity index (χ4n) is 17.7. The normalized spacial score (nSPS) is 35.9. The van der Waals surface area contributed by atoms with Gasteiger partial charge in [0.1, 0.15) is 79.5 Å². The molecule has 2 amide bonds. The van der Waals surface area contributed by atoms with Crippen molar-refractivity contribution >= 4 is 24.1 Å². The Morgan fingerprint density at radius 3 is 0.885 bits per heavy atom. The zero-order chi connectivity index (χ0) is 95.4. The molecule has 25 unspecified atom stereocenters. The highest BCUT2D eigenvalue weighted by atomic mass is 16.9. The van der Waals surface area contributed by atoms with E-state index in [9.17, 15) is 34.5 Å². The van der Waals surface area contributed by atoms with Gasteiger partial charge in [0.15, 0.2) is 77.7 Å². The third-order valence-electron chi connectivity index (χ3n) is 23.7. The molecule has 758 valence electrons. The van der Waals surface area contributed by atoms with E-state index >= 15 is 0 Å². The van der Waals surface area contributed by atoms with E-state index in [0.29, 0.717) is 111 Å². The van der Waals surface area contributed by atoms with E-state index < -0.39 is 115 Å². The molecule has 130 heavy (non-hydrogen) atoms. The number of aliphatic hydroxyl groups excluding tert-OH is 5. The number of carbonyl (C=O) groups excluding carboxylic acids is 3. The van der Waals surface area contributed by atoms with Crippen LogP contribution in [0.25, 0.3) is 0 Å². The molecule has 13 aliphatic heterocycles. The number of aliphatic hydroxyl groups is 5. The van der Waals surface area contributed by atoms with Crippen LogP contribution in [0.4, 0.5) is 0 Å². The lowest BCUT2D eigenvalue weighted by Gasteiger charge is -2.39. The first-order valence-electron chi connectivity index (χ1n) is 47.4. The summed E-state index contributed by atoms with van der Waals surface area (Å²) in [5.41, 5.74) is 4.50. The second kappa shape index (κ2) is 52.7. The van der Waals surface area contributed by atoms with E-state index in [0.717, 1.165) is 96.2 Å². The Labute approximate surface area is 768 Å². The second-order valence-corrected chi connectivity index (χ2v) is 38.5. The molecule has 10 N–H and O–H groups in total. The highest BCUT2D eigenvalue weighted by Crippen LogP contribution is 2.47. The fourth-order valence-corrected chi connectivity index (χ4v) is 17.7. The van der Waals surface area contributed by atoms with E-state index in [2.05, 4.69) is 16.4 Å². The maximum atomic E-state index is 11.3. The summed E-state index contributed by atoms with van der Waals surface area (Å²) in [6.45, 7) is 35.0. The number of hydrogen-bond acceptors (Lipinski definition) is 36. The number of aldehydes is 1. The second-order valence-electron chi connectivity index (χ2n) is 38.5. The zero-order valence-corrected chi connectivity index (χ0v) is 80.8. The van der Waals surface area contributed by atoms with Crippen LogP contribution in [0.3, 0.4) is 0 Å². The van der Waals surface area contributed by atoms with Crippen molar-refractivity contribution in [3.63, 3.8) is 0 Å². The number of hydrogen-bond donors (Lipinski definition) is 9. The molecule has 0 bridgehead atoms. The molecule has 13 saturated heterocycles. The van der Waals surface area contributed by atoms with Gasteiger partial charge in [-0.3, -0.25) is 14.4 Å². The van der Waals surface area contributed by atoms with Crippen molar-refractivity contribution in [2.24, 2.45) is 5.73 Å². The average molecular weight is 1880 g/mol. The lowest BCUT2D eigenvalue weighted by atomic mass is 9.99. The Hall–Kier alpha value is -3.20. The lowest BCUT2D eigenvalue weighted by molar-refractivity contribution is -0.294. The van der Waals surface area contributed by atoms with E-state index in [1.807, 2.05) is 111 Å². The molecule has 13 fully saturated rings. The van der Waals surface area contributed by atoms with Gasteiger partial charge in [0.05, 0.1) is 81.9 Å². The number of carboxylic acids is 1. The Bertz CT molecular complexity index is 3270. The van der Waals surface area contributed by atoms with Crippen LogP contribution in [-0.4, -0.2) is 348 Å². The van der Waals surface area contributed by atoms with Crippen molar-refractivity contribution in [2.75, 3.05) is 93.8 Å². The van der Waals surface area contributed by atoms with Gasteiger partial charge < -0.3 is 175 Å².